The van der Waals surface area contributed by atoms with Gasteiger partial charge >= 0.3 is 291 Å². The number of hydrogen-bond acceptors (Lipinski definition) is 1. The maximum atomic E-state index is 7.02. The first-order valence-corrected chi connectivity index (χ1v) is 20.3. The Kier molecular flexibility index (Phi) is 11.8. The summed E-state index contributed by atoms with van der Waals surface area (Å²) in [5.41, 5.74) is 17.4. The van der Waals surface area contributed by atoms with Gasteiger partial charge in [0.2, 0.25) is 0 Å². The van der Waals surface area contributed by atoms with Gasteiger partial charge in [0.15, 0.2) is 0 Å². The summed E-state index contributed by atoms with van der Waals surface area (Å²) >= 11 is 2.33. The average Bonchev–Trinajstić information content (AvgIpc) is 3.33. The molecule has 1 unspecified atom stereocenters. The van der Waals surface area contributed by atoms with Gasteiger partial charge in [-0.3, -0.25) is 0 Å². The van der Waals surface area contributed by atoms with Crippen molar-refractivity contribution >= 4 is 22.7 Å². The second kappa shape index (κ2) is 15.0. The molecular formula is C43H45Cl2OSiTi. The van der Waals surface area contributed by atoms with Crippen LogP contribution in [0.4, 0.5) is 0 Å². The molecule has 48 heavy (non-hydrogen) atoms. The van der Waals surface area contributed by atoms with Crippen molar-refractivity contribution in [3.63, 3.8) is 0 Å². The van der Waals surface area contributed by atoms with E-state index in [2.05, 4.69) is 179 Å². The molecule has 1 nitrogen and oxygen atoms in total. The van der Waals surface area contributed by atoms with Crippen LogP contribution < -0.4 is 38.6 Å². The Morgan fingerprint density at radius 2 is 1.12 bits per heavy atom. The van der Waals surface area contributed by atoms with Crippen molar-refractivity contribution in [3.8, 4) is 11.5 Å². The van der Waals surface area contributed by atoms with Crippen molar-refractivity contribution in [2.45, 2.75) is 73.0 Å². The topological polar surface area (TPSA) is 9.23 Å². The monoisotopic (exact) mass is 723 g/mol. The number of para-hydroxylation sites is 1. The normalized spacial score (nSPS) is 14.0. The van der Waals surface area contributed by atoms with Gasteiger partial charge in [0.05, 0.1) is 0 Å². The number of fused-ring (bicyclic) bond motifs is 1. The van der Waals surface area contributed by atoms with Crippen molar-refractivity contribution in [2.75, 3.05) is 0 Å². The summed E-state index contributed by atoms with van der Waals surface area (Å²) in [7, 11) is -2.19. The Hall–Kier alpha value is -2.85. The molecule has 5 aromatic carbocycles. The van der Waals surface area contributed by atoms with Gasteiger partial charge in [-0.15, -0.1) is 0 Å². The third kappa shape index (κ3) is 6.44. The van der Waals surface area contributed by atoms with E-state index in [9.17, 15) is 0 Å². The van der Waals surface area contributed by atoms with Crippen LogP contribution in [0.15, 0.2) is 103 Å². The zero-order chi connectivity index (χ0) is 32.9. The third-order valence-electron chi connectivity index (χ3n) is 10.8. The van der Waals surface area contributed by atoms with E-state index in [4.69, 9.17) is 4.74 Å². The molecule has 0 heterocycles. The van der Waals surface area contributed by atoms with Crippen molar-refractivity contribution < 1.29 is 50.0 Å². The minimum atomic E-state index is -2.19. The maximum Gasteiger partial charge on any atom is -1.00 e. The molecule has 0 aliphatic heterocycles. The molecule has 0 aromatic heterocycles. The fourth-order valence-electron chi connectivity index (χ4n) is 8.29. The molecule has 1 aliphatic rings. The Bertz CT molecular complexity index is 1930. The molecule has 5 heteroatoms. The van der Waals surface area contributed by atoms with E-state index in [1.807, 2.05) is 0 Å². The first kappa shape index (κ1) is 38.0. The van der Waals surface area contributed by atoms with E-state index in [-0.39, 0.29) is 30.7 Å². The Morgan fingerprint density at radius 1 is 0.646 bits per heavy atom. The first-order chi connectivity index (χ1) is 21.9. The van der Waals surface area contributed by atoms with Crippen LogP contribution in [0.2, 0.25) is 13.1 Å². The quantitative estimate of drug-likeness (QED) is 0.179. The fourth-order valence-corrected chi connectivity index (χ4v) is 14.9. The molecule has 0 saturated carbocycles. The minimum absolute atomic E-state index is 0. The van der Waals surface area contributed by atoms with Crippen molar-refractivity contribution in [3.05, 3.63) is 158 Å². The molecule has 1 atom stereocenters. The zero-order valence-corrected chi connectivity index (χ0v) is 33.6. The molecule has 0 fully saturated rings. The van der Waals surface area contributed by atoms with Gasteiger partial charge in [-0.25, -0.2) is 0 Å². The summed E-state index contributed by atoms with van der Waals surface area (Å²) < 4.78 is 8.30. The summed E-state index contributed by atoms with van der Waals surface area (Å²) in [6.07, 6.45) is 0. The van der Waals surface area contributed by atoms with Crippen molar-refractivity contribution in [2.24, 2.45) is 0 Å². The van der Waals surface area contributed by atoms with E-state index >= 15 is 0 Å². The molecule has 5 aromatic rings. The van der Waals surface area contributed by atoms with Gasteiger partial charge < -0.3 is 24.8 Å². The summed E-state index contributed by atoms with van der Waals surface area (Å²) in [5, 5.41) is 1.52. The molecule has 1 aliphatic carbocycles. The Labute approximate surface area is 313 Å². The van der Waals surface area contributed by atoms with E-state index < -0.39 is 8.07 Å². The smallest absolute Gasteiger partial charge is 1.00 e. The number of halogens is 2. The fraction of sp³-hybridized carbons (Fsp3) is 0.256. The second-order valence-electron chi connectivity index (χ2n) is 13.8. The van der Waals surface area contributed by atoms with Gasteiger partial charge in [-0.05, 0) is 0 Å². The average molecular weight is 725 g/mol. The van der Waals surface area contributed by atoms with Gasteiger partial charge in [0, 0.05) is 0 Å². The number of ether oxygens (including phenoxy) is 1. The van der Waals surface area contributed by atoms with Gasteiger partial charge in [-0.1, -0.05) is 0 Å². The zero-order valence-electron chi connectivity index (χ0n) is 29.6. The number of aryl methyl sites for hydroxylation is 1. The van der Waals surface area contributed by atoms with Crippen LogP contribution in [0, 0.1) is 34.6 Å². The number of hydrogen-bond donors (Lipinski definition) is 0. The van der Waals surface area contributed by atoms with Crippen LogP contribution in [0.3, 0.4) is 0 Å². The van der Waals surface area contributed by atoms with Gasteiger partial charge in [0.25, 0.3) is 0 Å². The third-order valence-corrected chi connectivity index (χ3v) is 16.1. The van der Waals surface area contributed by atoms with Crippen molar-refractivity contribution in [1.29, 1.82) is 0 Å². The molecule has 0 N–H and O–H groups in total. The number of allylic oxidation sites excluding steroid dienone is 2. The molecule has 0 spiro atoms. The molecular weight excluding hydrogens is 679 g/mol. The van der Waals surface area contributed by atoms with Crippen LogP contribution in [-0.4, -0.2) is 8.07 Å². The van der Waals surface area contributed by atoms with E-state index in [0.717, 1.165) is 11.5 Å². The van der Waals surface area contributed by atoms with Crippen LogP contribution in [0.25, 0.3) is 5.57 Å². The van der Waals surface area contributed by atoms with Crippen LogP contribution in [-0.2, 0) is 20.4 Å². The van der Waals surface area contributed by atoms with E-state index in [1.165, 1.54) is 64.7 Å². The van der Waals surface area contributed by atoms with Crippen LogP contribution >= 0.6 is 0 Å². The summed E-state index contributed by atoms with van der Waals surface area (Å²) in [6.45, 7) is 21.6. The number of benzene rings is 5. The van der Waals surface area contributed by atoms with Crippen LogP contribution in [0.1, 0.15) is 80.9 Å². The molecule has 0 bridgehead atoms. The Morgan fingerprint density at radius 3 is 1.65 bits per heavy atom. The largest absolute Gasteiger partial charge is 1.00 e. The first-order valence-electron chi connectivity index (χ1n) is 16.4. The molecule has 245 valence electrons. The van der Waals surface area contributed by atoms with Gasteiger partial charge in [-0.2, -0.15) is 0 Å². The minimum Gasteiger partial charge on any atom is -1.00 e. The van der Waals surface area contributed by atoms with E-state index in [1.54, 1.807) is 11.1 Å². The van der Waals surface area contributed by atoms with Crippen molar-refractivity contribution in [1.82, 2.24) is 0 Å². The standard InChI is InChI=1S/C43H45OSi.2ClH.Ti/c1-27-25-37(42(34-19-13-10-14-20-34)35-21-15-11-16-22-35)38(44-36-23-17-12-18-24-36)26-39(27)45(8,9)43-33(7)32(6)40-30(4)28(2)29(3)31(5)41(40)43;;;/h10-25,42-43H,1-9H3;2*1H;/q;;;+2/p-2. The molecule has 0 saturated heterocycles. The maximum absolute atomic E-state index is 7.02. The van der Waals surface area contributed by atoms with E-state index in [0.29, 0.717) is 5.54 Å². The summed E-state index contributed by atoms with van der Waals surface area (Å²) in [5.74, 6) is 1.91. The summed E-state index contributed by atoms with van der Waals surface area (Å²) in [4.78, 5) is 0. The predicted molar refractivity (Wildman–Crippen MR) is 195 cm³/mol. The SMILES string of the molecule is CC1=C(C)C([Si](C)(C)c2c(C)cc(C(c3ccccc3)c3ccccc3)c(Oc3ccccc3)[c]2[Ti+2])c2c(C)c(C)c(C)c(C)c21.[Cl-].[Cl-]. The second-order valence-corrected chi connectivity index (χ2v) is 19.1. The Balaban J connectivity index is 0.00000260. The molecule has 6 rings (SSSR count). The predicted octanol–water partition coefficient (Wildman–Crippen LogP) is 4.43. The summed E-state index contributed by atoms with van der Waals surface area (Å²) in [6, 6.07) is 34.6. The van der Waals surface area contributed by atoms with Gasteiger partial charge in [0.1, 0.15) is 0 Å². The molecule has 0 amide bonds. The van der Waals surface area contributed by atoms with Crippen LogP contribution in [0.5, 0.6) is 11.5 Å². The number of rotatable bonds is 7. The molecule has 0 radical (unpaired) electrons.